The zero-order valence-corrected chi connectivity index (χ0v) is 17.6. The number of nitrogens with zero attached hydrogens (tertiary/aromatic N) is 1. The summed E-state index contributed by atoms with van der Waals surface area (Å²) >= 11 is 0. The van der Waals surface area contributed by atoms with Gasteiger partial charge in [0.2, 0.25) is 15.9 Å². The molecule has 0 atom stereocenters. The monoisotopic (exact) mass is 466 g/mol. The summed E-state index contributed by atoms with van der Waals surface area (Å²) in [5.74, 6) is -0.762. The molecule has 3 N–H and O–H groups in total. The largest absolute Gasteiger partial charge is 0.419 e. The molecule has 11 heteroatoms. The van der Waals surface area contributed by atoms with Gasteiger partial charge in [-0.3, -0.25) is 4.79 Å². The van der Waals surface area contributed by atoms with Crippen molar-refractivity contribution in [3.63, 3.8) is 0 Å². The first-order valence-corrected chi connectivity index (χ1v) is 11.2. The molecule has 7 nitrogen and oxygen atoms in total. The zero-order chi connectivity index (χ0) is 23.2. The van der Waals surface area contributed by atoms with E-state index >= 15 is 0 Å². The van der Waals surface area contributed by atoms with E-state index in [1.165, 1.54) is 18.3 Å². The summed E-state index contributed by atoms with van der Waals surface area (Å²) in [4.78, 5) is 15.7. The van der Waals surface area contributed by atoms with Crippen LogP contribution in [0.4, 0.5) is 19.0 Å². The van der Waals surface area contributed by atoms with Crippen molar-refractivity contribution in [2.75, 3.05) is 25.0 Å². The standard InChI is InChI=1S/C21H21F3N4O3S/c22-21(23,24)18-6-3-10-26-20(18)27-13-12-25-19(29)9-11-28-32(30,31)17-8-7-15-4-1-2-5-16(15)14-17/h1-8,10,14,28H,9,11-13H2,(H,25,29)(H,26,27). The van der Waals surface area contributed by atoms with Gasteiger partial charge < -0.3 is 10.6 Å². The number of hydrogen-bond donors (Lipinski definition) is 3. The molecule has 0 spiro atoms. The molecule has 0 radical (unpaired) electrons. The summed E-state index contributed by atoms with van der Waals surface area (Å²) in [6.45, 7) is -0.0499. The van der Waals surface area contributed by atoms with Gasteiger partial charge in [0, 0.05) is 32.3 Å². The Morgan fingerprint density at radius 1 is 0.938 bits per heavy atom. The lowest BCUT2D eigenvalue weighted by molar-refractivity contribution is -0.137. The first-order valence-electron chi connectivity index (χ1n) is 9.68. The van der Waals surface area contributed by atoms with Gasteiger partial charge in [-0.15, -0.1) is 0 Å². The Morgan fingerprint density at radius 2 is 1.69 bits per heavy atom. The molecule has 0 aliphatic rings. The lowest BCUT2D eigenvalue weighted by atomic mass is 10.1. The number of halogens is 3. The van der Waals surface area contributed by atoms with Gasteiger partial charge in [0.1, 0.15) is 5.82 Å². The second kappa shape index (κ2) is 9.96. The Hall–Kier alpha value is -3.18. The number of nitrogens with one attached hydrogen (secondary N) is 3. The maximum absolute atomic E-state index is 12.9. The van der Waals surface area contributed by atoms with Crippen molar-refractivity contribution >= 4 is 32.5 Å². The number of fused-ring (bicyclic) bond motifs is 1. The minimum atomic E-state index is -4.54. The quantitative estimate of drug-likeness (QED) is 0.421. The van der Waals surface area contributed by atoms with Crippen molar-refractivity contribution in [2.45, 2.75) is 17.5 Å². The van der Waals surface area contributed by atoms with Crippen LogP contribution in [0, 0.1) is 0 Å². The molecule has 1 aromatic heterocycles. The lowest BCUT2D eigenvalue weighted by Gasteiger charge is -2.13. The third-order valence-electron chi connectivity index (χ3n) is 4.53. The van der Waals surface area contributed by atoms with Crippen LogP contribution in [-0.2, 0) is 21.0 Å². The Morgan fingerprint density at radius 3 is 2.44 bits per heavy atom. The molecule has 2 aromatic carbocycles. The molecular weight excluding hydrogens is 445 g/mol. The Kier molecular flexibility index (Phi) is 7.31. The minimum Gasteiger partial charge on any atom is -0.368 e. The van der Waals surface area contributed by atoms with Gasteiger partial charge >= 0.3 is 6.18 Å². The van der Waals surface area contributed by atoms with E-state index in [0.29, 0.717) is 0 Å². The molecule has 0 aliphatic heterocycles. The highest BCUT2D eigenvalue weighted by Crippen LogP contribution is 2.33. The summed E-state index contributed by atoms with van der Waals surface area (Å²) in [5, 5.41) is 6.74. The van der Waals surface area contributed by atoms with Gasteiger partial charge in [-0.05, 0) is 35.0 Å². The molecule has 170 valence electrons. The van der Waals surface area contributed by atoms with Crippen LogP contribution in [0.15, 0.2) is 65.7 Å². The van der Waals surface area contributed by atoms with Crippen LogP contribution in [0.5, 0.6) is 0 Å². The molecular formula is C21H21F3N4O3S. The maximum atomic E-state index is 12.9. The lowest BCUT2D eigenvalue weighted by Crippen LogP contribution is -2.33. The van der Waals surface area contributed by atoms with Gasteiger partial charge in [0.05, 0.1) is 10.5 Å². The fourth-order valence-electron chi connectivity index (χ4n) is 2.96. The number of amides is 1. The van der Waals surface area contributed by atoms with Crippen LogP contribution in [0.2, 0.25) is 0 Å². The molecule has 1 amide bonds. The predicted molar refractivity (Wildman–Crippen MR) is 114 cm³/mol. The average molecular weight is 466 g/mol. The molecule has 0 unspecified atom stereocenters. The van der Waals surface area contributed by atoms with Crippen LogP contribution in [-0.4, -0.2) is 38.9 Å². The van der Waals surface area contributed by atoms with E-state index in [4.69, 9.17) is 0 Å². The first kappa shape index (κ1) is 23.5. The average Bonchev–Trinajstić information content (AvgIpc) is 2.76. The number of anilines is 1. The predicted octanol–water partition coefficient (Wildman–Crippen LogP) is 3.15. The number of sulfonamides is 1. The molecule has 0 bridgehead atoms. The Balaban J connectivity index is 1.43. The number of pyridine rings is 1. The summed E-state index contributed by atoms with van der Waals surface area (Å²) < 4.78 is 66.0. The summed E-state index contributed by atoms with van der Waals surface area (Å²) in [7, 11) is -3.78. The number of carbonyl (C=O) groups is 1. The maximum Gasteiger partial charge on any atom is 0.419 e. The van der Waals surface area contributed by atoms with E-state index in [1.807, 2.05) is 18.2 Å². The highest BCUT2D eigenvalue weighted by molar-refractivity contribution is 7.89. The van der Waals surface area contributed by atoms with E-state index in [9.17, 15) is 26.4 Å². The molecule has 0 saturated heterocycles. The third kappa shape index (κ3) is 6.17. The second-order valence-corrected chi connectivity index (χ2v) is 8.60. The fourth-order valence-corrected chi connectivity index (χ4v) is 4.03. The summed E-state index contributed by atoms with van der Waals surface area (Å²) in [5.41, 5.74) is -0.894. The molecule has 0 fully saturated rings. The highest BCUT2D eigenvalue weighted by Gasteiger charge is 2.33. The number of rotatable bonds is 9. The van der Waals surface area contributed by atoms with Crippen molar-refractivity contribution < 1.29 is 26.4 Å². The number of alkyl halides is 3. The van der Waals surface area contributed by atoms with Crippen LogP contribution >= 0.6 is 0 Å². The molecule has 3 rings (SSSR count). The topological polar surface area (TPSA) is 100 Å². The van der Waals surface area contributed by atoms with Crippen molar-refractivity contribution in [3.05, 3.63) is 66.4 Å². The first-order chi connectivity index (χ1) is 15.2. The zero-order valence-electron chi connectivity index (χ0n) is 16.8. The SMILES string of the molecule is O=C(CCNS(=O)(=O)c1ccc2ccccc2c1)NCCNc1ncccc1C(F)(F)F. The van der Waals surface area contributed by atoms with Crippen LogP contribution in [0.25, 0.3) is 10.8 Å². The van der Waals surface area contributed by atoms with E-state index in [2.05, 4.69) is 20.3 Å². The van der Waals surface area contributed by atoms with Gasteiger partial charge in [-0.1, -0.05) is 30.3 Å². The van der Waals surface area contributed by atoms with Gasteiger partial charge in [0.25, 0.3) is 0 Å². The van der Waals surface area contributed by atoms with Gasteiger partial charge in [-0.25, -0.2) is 18.1 Å². The smallest absolute Gasteiger partial charge is 0.368 e. The van der Waals surface area contributed by atoms with Crippen molar-refractivity contribution in [1.29, 1.82) is 0 Å². The normalized spacial score (nSPS) is 12.0. The molecule has 32 heavy (non-hydrogen) atoms. The Labute approximate surface area is 183 Å². The van der Waals surface area contributed by atoms with Crippen LogP contribution < -0.4 is 15.4 Å². The van der Waals surface area contributed by atoms with Crippen LogP contribution in [0.1, 0.15) is 12.0 Å². The fraction of sp³-hybridized carbons (Fsp3) is 0.238. The van der Waals surface area contributed by atoms with Gasteiger partial charge in [-0.2, -0.15) is 13.2 Å². The number of benzene rings is 2. The molecule has 1 heterocycles. The van der Waals surface area contributed by atoms with E-state index < -0.39 is 27.7 Å². The van der Waals surface area contributed by atoms with Crippen molar-refractivity contribution in [2.24, 2.45) is 0 Å². The van der Waals surface area contributed by atoms with Gasteiger partial charge in [0.15, 0.2) is 0 Å². The molecule has 0 aliphatic carbocycles. The number of carbonyl (C=O) groups excluding carboxylic acids is 1. The van der Waals surface area contributed by atoms with Crippen LogP contribution in [0.3, 0.4) is 0 Å². The highest BCUT2D eigenvalue weighted by atomic mass is 32.2. The molecule has 0 saturated carbocycles. The Bertz CT molecular complexity index is 1200. The van der Waals surface area contributed by atoms with E-state index in [1.54, 1.807) is 18.2 Å². The second-order valence-electron chi connectivity index (χ2n) is 6.83. The van der Waals surface area contributed by atoms with Crippen molar-refractivity contribution in [1.82, 2.24) is 15.0 Å². The third-order valence-corrected chi connectivity index (χ3v) is 5.99. The minimum absolute atomic E-state index is 0.0225. The number of hydrogen-bond acceptors (Lipinski definition) is 5. The summed E-state index contributed by atoms with van der Waals surface area (Å²) in [6.07, 6.45) is -3.43. The summed E-state index contributed by atoms with van der Waals surface area (Å²) in [6, 6.07) is 14.2. The molecule has 3 aromatic rings. The number of aromatic nitrogens is 1. The van der Waals surface area contributed by atoms with E-state index in [0.717, 1.165) is 16.8 Å². The van der Waals surface area contributed by atoms with Crippen molar-refractivity contribution in [3.8, 4) is 0 Å². The van der Waals surface area contributed by atoms with E-state index in [-0.39, 0.29) is 36.8 Å².